The van der Waals surface area contributed by atoms with Gasteiger partial charge in [0.05, 0.1) is 5.73 Å². The van der Waals surface area contributed by atoms with Crippen LogP contribution in [0, 0.1) is 5.41 Å². The normalized spacial score (nSPS) is 17.1. The van der Waals surface area contributed by atoms with Crippen LogP contribution in [0.2, 0.25) is 0 Å². The maximum Gasteiger partial charge on any atom is 0.0777 e. The summed E-state index contributed by atoms with van der Waals surface area (Å²) in [7, 11) is 0.772. The van der Waals surface area contributed by atoms with Gasteiger partial charge in [-0.25, -0.2) is 5.11 Å². The second-order valence-corrected chi connectivity index (χ2v) is 4.06. The minimum Gasteiger partial charge on any atom is -0.238 e. The molecule has 1 nitrogen and oxygen atoms in total. The summed E-state index contributed by atoms with van der Waals surface area (Å²) in [6.45, 7) is 5.95. The third-order valence-corrected chi connectivity index (χ3v) is 2.95. The van der Waals surface area contributed by atoms with Gasteiger partial charge in [0.25, 0.3) is 0 Å². The van der Waals surface area contributed by atoms with Crippen LogP contribution >= 0.6 is 0 Å². The summed E-state index contributed by atoms with van der Waals surface area (Å²) in [5.74, 6) is 0. The Bertz CT molecular complexity index is 53.6. The molecule has 2 heteroatoms. The molecule has 1 atom stereocenters. The van der Waals surface area contributed by atoms with Gasteiger partial charge in [-0.05, 0) is 5.41 Å². The molecule has 0 aliphatic heterocycles. The molecule has 0 aliphatic carbocycles. The molecule has 0 aromatic carbocycles. The maximum absolute atomic E-state index is 10.6. The van der Waals surface area contributed by atoms with Crippen LogP contribution in [0.4, 0.5) is 0 Å². The van der Waals surface area contributed by atoms with Crippen molar-refractivity contribution >= 4 is 10.2 Å². The van der Waals surface area contributed by atoms with E-state index < -0.39 is 0 Å². The minimum absolute atomic E-state index is 0.00617. The van der Waals surface area contributed by atoms with Gasteiger partial charge in [0.15, 0.2) is 0 Å². The van der Waals surface area contributed by atoms with Gasteiger partial charge in [0.1, 0.15) is 0 Å². The average molecular weight is 117 g/mol. The van der Waals surface area contributed by atoms with E-state index >= 15 is 0 Å². The number of rotatable bonds is 0. The molecule has 0 aromatic heterocycles. The van der Waals surface area contributed by atoms with Gasteiger partial charge in [-0.1, -0.05) is 20.8 Å². The van der Waals surface area contributed by atoms with E-state index in [0.29, 0.717) is 0 Å². The van der Waals surface area contributed by atoms with Crippen molar-refractivity contribution in [3.63, 3.8) is 0 Å². The topological polar surface area (TPSA) is 19.9 Å². The molecule has 0 aromatic rings. The Hall–Kier alpha value is 0.177. The Labute approximate surface area is 48.2 Å². The maximum atomic E-state index is 10.6. The molecule has 0 amide bonds. The first kappa shape index (κ1) is 7.18. The van der Waals surface area contributed by atoms with Gasteiger partial charge >= 0.3 is 0 Å². The Balaban J connectivity index is 3.54. The van der Waals surface area contributed by atoms with Crippen molar-refractivity contribution in [2.45, 2.75) is 26.5 Å². The Morgan fingerprint density at radius 1 is 1.43 bits per heavy atom. The van der Waals surface area contributed by atoms with Gasteiger partial charge in [-0.15, -0.1) is 0 Å². The van der Waals surface area contributed by atoms with E-state index in [1.807, 2.05) is 20.8 Å². The van der Waals surface area contributed by atoms with Crippen molar-refractivity contribution in [2.24, 2.45) is 5.41 Å². The molecular weight excluding hydrogens is 104 g/mol. The third kappa shape index (κ3) is 2.82. The van der Waals surface area contributed by atoms with E-state index in [4.69, 9.17) is 0 Å². The fourth-order valence-electron chi connectivity index (χ4n) is 0. The second-order valence-electron chi connectivity index (χ2n) is 3.01. The van der Waals surface area contributed by atoms with E-state index in [1.165, 1.54) is 0 Å². The van der Waals surface area contributed by atoms with E-state index in [2.05, 4.69) is 0 Å². The molecule has 1 unspecified atom stereocenters. The summed E-state index contributed by atoms with van der Waals surface area (Å²) in [6.07, 6.45) is 0. The van der Waals surface area contributed by atoms with Gasteiger partial charge in [-0.3, -0.25) is 0 Å². The lowest BCUT2D eigenvalue weighted by Crippen LogP contribution is -2.24. The molecule has 0 N–H and O–H groups in total. The van der Waals surface area contributed by atoms with E-state index in [-0.39, 0.29) is 11.1 Å². The smallest absolute Gasteiger partial charge is 0.0777 e. The SMILES string of the molecule is CC(C)(C)C([O])[SiH3]. The Kier molecular flexibility index (Phi) is 2.02. The largest absolute Gasteiger partial charge is 0.238 e. The van der Waals surface area contributed by atoms with E-state index in [1.54, 1.807) is 0 Å². The summed E-state index contributed by atoms with van der Waals surface area (Å²) in [5, 5.41) is 10.6. The summed E-state index contributed by atoms with van der Waals surface area (Å²) < 4.78 is 0. The zero-order chi connectivity index (χ0) is 6.08. The van der Waals surface area contributed by atoms with Crippen molar-refractivity contribution in [1.29, 1.82) is 0 Å². The van der Waals surface area contributed by atoms with Gasteiger partial charge in [0, 0.05) is 10.2 Å². The van der Waals surface area contributed by atoms with E-state index in [9.17, 15) is 5.11 Å². The van der Waals surface area contributed by atoms with Crippen LogP contribution in [-0.4, -0.2) is 16.0 Å². The zero-order valence-corrected chi connectivity index (χ0v) is 7.49. The van der Waals surface area contributed by atoms with Gasteiger partial charge < -0.3 is 0 Å². The predicted octanol–water partition coefficient (Wildman–Crippen LogP) is 0.154. The van der Waals surface area contributed by atoms with Crippen molar-refractivity contribution in [2.75, 3.05) is 0 Å². The number of hydrogen-bond donors (Lipinski definition) is 0. The molecule has 0 bridgehead atoms. The molecule has 0 spiro atoms. The van der Waals surface area contributed by atoms with Crippen LogP contribution in [0.5, 0.6) is 0 Å². The first-order chi connectivity index (χ1) is 2.94. The molecule has 0 fully saturated rings. The van der Waals surface area contributed by atoms with Crippen LogP contribution in [0.1, 0.15) is 20.8 Å². The molecular formula is C5H13OSi. The van der Waals surface area contributed by atoms with Crippen LogP contribution in [0.25, 0.3) is 0 Å². The molecule has 0 saturated heterocycles. The van der Waals surface area contributed by atoms with Crippen LogP contribution in [-0.2, 0) is 5.11 Å². The zero-order valence-electron chi connectivity index (χ0n) is 5.49. The monoisotopic (exact) mass is 117 g/mol. The molecule has 0 aliphatic rings. The predicted molar refractivity (Wildman–Crippen MR) is 33.9 cm³/mol. The lowest BCUT2D eigenvalue weighted by molar-refractivity contribution is 0.0660. The van der Waals surface area contributed by atoms with Gasteiger partial charge in [0.2, 0.25) is 0 Å². The lowest BCUT2D eigenvalue weighted by atomic mass is 9.98. The van der Waals surface area contributed by atoms with Crippen molar-refractivity contribution in [3.05, 3.63) is 0 Å². The second kappa shape index (κ2) is 1.97. The molecule has 0 heterocycles. The molecule has 7 heavy (non-hydrogen) atoms. The van der Waals surface area contributed by atoms with Crippen LogP contribution in [0.3, 0.4) is 0 Å². The molecule has 43 valence electrons. The third-order valence-electron chi connectivity index (χ3n) is 1.22. The summed E-state index contributed by atoms with van der Waals surface area (Å²) in [4.78, 5) is 0. The molecule has 0 rings (SSSR count). The highest BCUT2D eigenvalue weighted by atomic mass is 28.1. The highest BCUT2D eigenvalue weighted by Gasteiger charge is 2.17. The summed E-state index contributed by atoms with van der Waals surface area (Å²) >= 11 is 0. The Morgan fingerprint density at radius 3 is 1.57 bits per heavy atom. The fraction of sp³-hybridized carbons (Fsp3) is 1.00. The standard InChI is InChI=1S/C5H13OSi/c1-5(2,3)4(6)7/h4H,1-3,7H3. The average Bonchev–Trinajstić information content (AvgIpc) is 1.31. The summed E-state index contributed by atoms with van der Waals surface area (Å²) in [6, 6.07) is 0. The summed E-state index contributed by atoms with van der Waals surface area (Å²) in [5.41, 5.74) is -0.306. The quantitative estimate of drug-likeness (QED) is 0.403. The highest BCUT2D eigenvalue weighted by molar-refractivity contribution is 6.11. The number of hydrogen-bond acceptors (Lipinski definition) is 0. The van der Waals surface area contributed by atoms with Crippen molar-refractivity contribution < 1.29 is 5.11 Å². The van der Waals surface area contributed by atoms with E-state index in [0.717, 1.165) is 10.2 Å². The minimum atomic E-state index is -0.313. The lowest BCUT2D eigenvalue weighted by Gasteiger charge is -2.19. The van der Waals surface area contributed by atoms with Crippen molar-refractivity contribution in [3.8, 4) is 0 Å². The fourth-order valence-corrected chi connectivity index (χ4v) is 0. The van der Waals surface area contributed by atoms with Crippen LogP contribution in [0.15, 0.2) is 0 Å². The highest BCUT2D eigenvalue weighted by Crippen LogP contribution is 2.15. The van der Waals surface area contributed by atoms with Crippen molar-refractivity contribution in [1.82, 2.24) is 0 Å². The first-order valence-electron chi connectivity index (χ1n) is 2.60. The molecule has 1 radical (unpaired) electrons. The Morgan fingerprint density at radius 2 is 1.57 bits per heavy atom. The molecule has 0 saturated carbocycles. The van der Waals surface area contributed by atoms with Crippen LogP contribution < -0.4 is 0 Å². The van der Waals surface area contributed by atoms with Gasteiger partial charge in [-0.2, -0.15) is 0 Å². The first-order valence-corrected chi connectivity index (χ1v) is 3.76.